The predicted molar refractivity (Wildman–Crippen MR) is 52.6 cm³/mol. The van der Waals surface area contributed by atoms with E-state index in [4.69, 9.17) is 4.74 Å². The van der Waals surface area contributed by atoms with Crippen LogP contribution in [0.2, 0.25) is 0 Å². The zero-order chi connectivity index (χ0) is 14.1. The van der Waals surface area contributed by atoms with Crippen molar-refractivity contribution in [1.82, 2.24) is 5.32 Å². The average molecular weight is 283 g/mol. The molecular weight excluding hydrogens is 269 g/mol. The Kier molecular flexibility index (Phi) is 4.84. The van der Waals surface area contributed by atoms with Crippen LogP contribution in [0.25, 0.3) is 0 Å². The number of phosphoric acid groups is 1. The SMILES string of the molecule is CC(=O)N[C@H]1[C@@H](OP(=O)([O-])[O-])O[C@H](C)[C@H](O)[C@@H]1O. The van der Waals surface area contributed by atoms with Crippen molar-refractivity contribution in [2.45, 2.75) is 44.5 Å². The van der Waals surface area contributed by atoms with Crippen LogP contribution in [0.3, 0.4) is 0 Å². The predicted octanol–water partition coefficient (Wildman–Crippen LogP) is -3.20. The molecule has 3 N–H and O–H groups in total. The first-order chi connectivity index (χ1) is 8.11. The van der Waals surface area contributed by atoms with Gasteiger partial charge in [-0.25, -0.2) is 0 Å². The summed E-state index contributed by atoms with van der Waals surface area (Å²) < 4.78 is 19.6. The van der Waals surface area contributed by atoms with Crippen LogP contribution >= 0.6 is 7.82 Å². The lowest BCUT2D eigenvalue weighted by Gasteiger charge is -2.44. The van der Waals surface area contributed by atoms with Crippen molar-refractivity contribution in [2.24, 2.45) is 0 Å². The molecule has 10 heteroatoms. The van der Waals surface area contributed by atoms with Crippen LogP contribution in [0.1, 0.15) is 13.8 Å². The van der Waals surface area contributed by atoms with Crippen molar-refractivity contribution in [3.05, 3.63) is 0 Å². The molecule has 1 heterocycles. The smallest absolute Gasteiger partial charge is 0.217 e. The molecule has 1 fully saturated rings. The van der Waals surface area contributed by atoms with E-state index in [9.17, 15) is 29.4 Å². The second-order valence-electron chi connectivity index (χ2n) is 3.97. The molecular formula is C8H14NO8P-2. The van der Waals surface area contributed by atoms with Gasteiger partial charge in [0.1, 0.15) is 18.2 Å². The zero-order valence-electron chi connectivity index (χ0n) is 9.68. The number of ether oxygens (including phenoxy) is 1. The largest absolute Gasteiger partial charge is 0.790 e. The molecule has 5 atom stereocenters. The number of nitrogens with one attached hydrogen (secondary N) is 1. The molecule has 0 aromatic rings. The third-order valence-electron chi connectivity index (χ3n) is 2.44. The molecule has 1 rings (SSSR count). The number of rotatable bonds is 3. The lowest BCUT2D eigenvalue weighted by Crippen LogP contribution is -2.63. The van der Waals surface area contributed by atoms with E-state index in [-0.39, 0.29) is 0 Å². The van der Waals surface area contributed by atoms with Gasteiger partial charge in [-0.1, -0.05) is 0 Å². The summed E-state index contributed by atoms with van der Waals surface area (Å²) >= 11 is 0. The molecule has 1 aliphatic rings. The molecule has 106 valence electrons. The first-order valence-electron chi connectivity index (χ1n) is 5.11. The molecule has 0 bridgehead atoms. The molecule has 0 aromatic carbocycles. The molecule has 18 heavy (non-hydrogen) atoms. The number of carbonyl (C=O) groups excluding carboxylic acids is 1. The van der Waals surface area contributed by atoms with E-state index in [0.717, 1.165) is 6.92 Å². The number of amides is 1. The second kappa shape index (κ2) is 5.62. The fourth-order valence-electron chi connectivity index (χ4n) is 1.63. The van der Waals surface area contributed by atoms with Crippen molar-refractivity contribution < 1.29 is 38.6 Å². The molecule has 0 radical (unpaired) electrons. The minimum Gasteiger partial charge on any atom is -0.790 e. The monoisotopic (exact) mass is 283 g/mol. The van der Waals surface area contributed by atoms with Crippen LogP contribution in [0.5, 0.6) is 0 Å². The van der Waals surface area contributed by atoms with Crippen molar-refractivity contribution in [3.63, 3.8) is 0 Å². The average Bonchev–Trinajstić information content (AvgIpc) is 2.18. The number of hydrogen-bond acceptors (Lipinski definition) is 8. The lowest BCUT2D eigenvalue weighted by atomic mass is 9.98. The molecule has 1 aliphatic heterocycles. The Balaban J connectivity index is 2.88. The molecule has 1 saturated heterocycles. The first kappa shape index (κ1) is 15.5. The Morgan fingerprint density at radius 3 is 2.39 bits per heavy atom. The summed E-state index contributed by atoms with van der Waals surface area (Å²) in [5.74, 6) is -0.607. The molecule has 0 unspecified atom stereocenters. The molecule has 0 saturated carbocycles. The highest BCUT2D eigenvalue weighted by molar-refractivity contribution is 7.43. The summed E-state index contributed by atoms with van der Waals surface area (Å²) in [6.07, 6.45) is -5.50. The minimum atomic E-state index is -5.36. The van der Waals surface area contributed by atoms with E-state index in [1.807, 2.05) is 0 Å². The van der Waals surface area contributed by atoms with Crippen molar-refractivity contribution >= 4 is 13.7 Å². The zero-order valence-corrected chi connectivity index (χ0v) is 10.6. The fraction of sp³-hybridized carbons (Fsp3) is 0.875. The summed E-state index contributed by atoms with van der Waals surface area (Å²) in [5, 5.41) is 21.4. The quantitative estimate of drug-likeness (QED) is 0.458. The van der Waals surface area contributed by atoms with E-state index >= 15 is 0 Å². The maximum absolute atomic E-state index is 10.9. The lowest BCUT2D eigenvalue weighted by molar-refractivity contribution is -0.361. The van der Waals surface area contributed by atoms with Gasteiger partial charge >= 0.3 is 0 Å². The van der Waals surface area contributed by atoms with Crippen LogP contribution in [0.15, 0.2) is 0 Å². The van der Waals surface area contributed by atoms with Gasteiger partial charge < -0.3 is 39.1 Å². The number of aliphatic hydroxyl groups is 2. The topological polar surface area (TPSA) is 151 Å². The Morgan fingerprint density at radius 1 is 1.39 bits per heavy atom. The third-order valence-corrected chi connectivity index (χ3v) is 2.91. The Bertz CT molecular complexity index is 357. The highest BCUT2D eigenvalue weighted by Crippen LogP contribution is 2.33. The summed E-state index contributed by atoms with van der Waals surface area (Å²) in [5.41, 5.74) is 0. The van der Waals surface area contributed by atoms with E-state index in [1.54, 1.807) is 0 Å². The van der Waals surface area contributed by atoms with E-state index in [1.165, 1.54) is 6.92 Å². The summed E-state index contributed by atoms with van der Waals surface area (Å²) in [7, 11) is -5.36. The van der Waals surface area contributed by atoms with Crippen LogP contribution in [-0.2, 0) is 18.6 Å². The molecule has 0 spiro atoms. The third kappa shape index (κ3) is 3.99. The van der Waals surface area contributed by atoms with Crippen LogP contribution in [0.4, 0.5) is 0 Å². The van der Waals surface area contributed by atoms with Crippen LogP contribution in [0, 0.1) is 0 Å². The van der Waals surface area contributed by atoms with Crippen molar-refractivity contribution in [1.29, 1.82) is 0 Å². The van der Waals surface area contributed by atoms with Gasteiger partial charge in [0.25, 0.3) is 0 Å². The van der Waals surface area contributed by atoms with Gasteiger partial charge in [0.2, 0.25) is 5.91 Å². The first-order valence-corrected chi connectivity index (χ1v) is 6.57. The number of hydrogen-bond donors (Lipinski definition) is 3. The van der Waals surface area contributed by atoms with Gasteiger partial charge in [-0.2, -0.15) is 0 Å². The normalized spacial score (nSPS) is 37.3. The van der Waals surface area contributed by atoms with Gasteiger partial charge in [-0.15, -0.1) is 0 Å². The van der Waals surface area contributed by atoms with Gasteiger partial charge in [-0.05, 0) is 6.92 Å². The standard InChI is InChI=1S/C8H16NO8P/c1-3-6(11)7(12)5(9-4(2)10)8(16-3)17-18(13,14)15/h3,5-8,11-12H,1-2H3,(H,9,10)(H2,13,14,15)/p-2/t3-,5-,6+,7-,8-/m1/s1. The maximum atomic E-state index is 10.9. The fourth-order valence-corrected chi connectivity index (χ4v) is 2.07. The Labute approximate surface area is 103 Å². The van der Waals surface area contributed by atoms with Crippen molar-refractivity contribution in [2.75, 3.05) is 0 Å². The van der Waals surface area contributed by atoms with E-state index in [0.29, 0.717) is 0 Å². The minimum absolute atomic E-state index is 0.607. The van der Waals surface area contributed by atoms with Crippen molar-refractivity contribution in [3.8, 4) is 0 Å². The maximum Gasteiger partial charge on any atom is 0.217 e. The molecule has 1 amide bonds. The summed E-state index contributed by atoms with van der Waals surface area (Å²) in [6, 6.07) is -1.36. The van der Waals surface area contributed by atoms with Gasteiger partial charge in [0.15, 0.2) is 6.29 Å². The van der Waals surface area contributed by atoms with Gasteiger partial charge in [-0.3, -0.25) is 4.79 Å². The molecule has 0 aromatic heterocycles. The molecule has 0 aliphatic carbocycles. The van der Waals surface area contributed by atoms with E-state index in [2.05, 4.69) is 9.84 Å². The Morgan fingerprint density at radius 2 is 1.94 bits per heavy atom. The number of aliphatic hydroxyl groups excluding tert-OH is 2. The highest BCUT2D eigenvalue weighted by Gasteiger charge is 2.44. The number of carbonyl (C=O) groups is 1. The van der Waals surface area contributed by atoms with E-state index < -0.39 is 44.4 Å². The second-order valence-corrected chi connectivity index (χ2v) is 5.07. The summed E-state index contributed by atoms with van der Waals surface area (Å²) in [4.78, 5) is 32.0. The Hall–Kier alpha value is -0.540. The van der Waals surface area contributed by atoms with Gasteiger partial charge in [0.05, 0.1) is 13.9 Å². The van der Waals surface area contributed by atoms with Crippen LogP contribution < -0.4 is 15.1 Å². The summed E-state index contributed by atoms with van der Waals surface area (Å²) in [6.45, 7) is 2.47. The highest BCUT2D eigenvalue weighted by atomic mass is 31.2. The van der Waals surface area contributed by atoms with Crippen LogP contribution in [-0.4, -0.2) is 46.8 Å². The number of phosphoric ester groups is 1. The molecule has 9 nitrogen and oxygen atoms in total. The van der Waals surface area contributed by atoms with Gasteiger partial charge in [0, 0.05) is 6.92 Å².